The summed E-state index contributed by atoms with van der Waals surface area (Å²) in [6, 6.07) is 0. The van der Waals surface area contributed by atoms with Gasteiger partial charge in [0.2, 0.25) is 0 Å². The number of ether oxygens (including phenoxy) is 3. The molecule has 5 heteroatoms. The van der Waals surface area contributed by atoms with E-state index in [-0.39, 0.29) is 30.2 Å². The number of carbonyl (C=O) groups excluding carboxylic acids is 1. The normalized spacial score (nSPS) is 64.8. The summed E-state index contributed by atoms with van der Waals surface area (Å²) in [6.45, 7) is 8.55. The summed E-state index contributed by atoms with van der Waals surface area (Å²) in [6.07, 6.45) is 0.0809. The lowest BCUT2D eigenvalue weighted by Gasteiger charge is -2.51. The molecule has 1 unspecified atom stereocenters. The van der Waals surface area contributed by atoms with Crippen LogP contribution in [0.1, 0.15) is 20.3 Å². The van der Waals surface area contributed by atoms with E-state index in [0.29, 0.717) is 13.0 Å². The van der Waals surface area contributed by atoms with Crippen molar-refractivity contribution in [2.45, 2.75) is 49.8 Å². The van der Waals surface area contributed by atoms with Crippen LogP contribution < -0.4 is 0 Å². The van der Waals surface area contributed by atoms with Gasteiger partial charge >= 0.3 is 5.97 Å². The molecule has 2 bridgehead atoms. The fraction of sp³-hybridized carbons (Fsp3) is 0.800. The smallest absolute Gasteiger partial charge is 0.313 e. The number of fused-ring (bicyclic) bond motifs is 8. The molecule has 2 aliphatic carbocycles. The Labute approximate surface area is 116 Å². The van der Waals surface area contributed by atoms with Gasteiger partial charge in [-0.1, -0.05) is 19.1 Å². The predicted molar refractivity (Wildman–Crippen MR) is 66.7 cm³/mol. The molecule has 108 valence electrons. The maximum absolute atomic E-state index is 12.3. The first-order valence-corrected chi connectivity index (χ1v) is 7.24. The Bertz CT molecular complexity index is 567. The number of aliphatic hydroxyl groups is 1. The molecular formula is C15H18O5. The number of rotatable bonds is 1. The average molecular weight is 278 g/mol. The molecule has 0 aromatic rings. The van der Waals surface area contributed by atoms with Gasteiger partial charge in [0, 0.05) is 11.3 Å². The van der Waals surface area contributed by atoms with Crippen LogP contribution in [-0.2, 0) is 19.0 Å². The van der Waals surface area contributed by atoms with Gasteiger partial charge in [0.25, 0.3) is 0 Å². The summed E-state index contributed by atoms with van der Waals surface area (Å²) in [5.74, 6) is -0.983. The first kappa shape index (κ1) is 11.7. The molecule has 3 aliphatic heterocycles. The van der Waals surface area contributed by atoms with Crippen molar-refractivity contribution in [1.29, 1.82) is 0 Å². The monoisotopic (exact) mass is 278 g/mol. The zero-order valence-electron chi connectivity index (χ0n) is 11.6. The average Bonchev–Trinajstić information content (AvgIpc) is 3.20. The van der Waals surface area contributed by atoms with Crippen molar-refractivity contribution in [3.05, 3.63) is 12.2 Å². The molecule has 5 nitrogen and oxygen atoms in total. The summed E-state index contributed by atoms with van der Waals surface area (Å²) in [5, 5.41) is 11.5. The van der Waals surface area contributed by atoms with E-state index in [9.17, 15) is 9.90 Å². The molecule has 5 aliphatic rings. The highest BCUT2D eigenvalue weighted by Gasteiger charge is 2.92. The minimum absolute atomic E-state index is 0.0598. The molecule has 0 aromatic heterocycles. The van der Waals surface area contributed by atoms with Crippen LogP contribution in [0.25, 0.3) is 0 Å². The Balaban J connectivity index is 1.72. The van der Waals surface area contributed by atoms with E-state index in [4.69, 9.17) is 14.2 Å². The zero-order valence-corrected chi connectivity index (χ0v) is 11.6. The fourth-order valence-corrected chi connectivity index (χ4v) is 5.47. The Hall–Kier alpha value is -0.910. The highest BCUT2D eigenvalue weighted by molar-refractivity contribution is 5.79. The van der Waals surface area contributed by atoms with E-state index < -0.39 is 22.5 Å². The zero-order chi connectivity index (χ0) is 14.1. The van der Waals surface area contributed by atoms with Gasteiger partial charge in [0.05, 0.1) is 12.5 Å². The molecule has 0 aromatic carbocycles. The summed E-state index contributed by atoms with van der Waals surface area (Å²) in [5.41, 5.74) is -1.17. The second-order valence-electron chi connectivity index (χ2n) is 7.34. The van der Waals surface area contributed by atoms with Gasteiger partial charge in [0.1, 0.15) is 29.5 Å². The molecule has 1 N–H and O–H groups in total. The molecule has 20 heavy (non-hydrogen) atoms. The van der Waals surface area contributed by atoms with Crippen LogP contribution in [0, 0.1) is 17.3 Å². The third-order valence-electron chi connectivity index (χ3n) is 6.59. The maximum Gasteiger partial charge on any atom is 0.313 e. The Kier molecular flexibility index (Phi) is 1.67. The molecule has 8 atom stereocenters. The number of carbonyl (C=O) groups is 1. The summed E-state index contributed by atoms with van der Waals surface area (Å²) < 4.78 is 17.0. The molecule has 3 saturated heterocycles. The Morgan fingerprint density at radius 2 is 2.15 bits per heavy atom. The molecular weight excluding hydrogens is 260 g/mol. The van der Waals surface area contributed by atoms with Gasteiger partial charge < -0.3 is 19.3 Å². The first-order valence-electron chi connectivity index (χ1n) is 7.24. The van der Waals surface area contributed by atoms with Crippen LogP contribution in [0.5, 0.6) is 0 Å². The Morgan fingerprint density at radius 3 is 2.75 bits per heavy atom. The Morgan fingerprint density at radius 1 is 1.45 bits per heavy atom. The van der Waals surface area contributed by atoms with Crippen LogP contribution in [-0.4, -0.2) is 47.2 Å². The van der Waals surface area contributed by atoms with Crippen LogP contribution in [0.3, 0.4) is 0 Å². The van der Waals surface area contributed by atoms with Crippen LogP contribution in [0.15, 0.2) is 12.2 Å². The van der Waals surface area contributed by atoms with Crippen molar-refractivity contribution in [3.8, 4) is 0 Å². The lowest BCUT2D eigenvalue weighted by Crippen LogP contribution is -2.64. The van der Waals surface area contributed by atoms with E-state index in [2.05, 4.69) is 6.58 Å². The van der Waals surface area contributed by atoms with Crippen molar-refractivity contribution >= 4 is 5.97 Å². The molecule has 0 radical (unpaired) electrons. The molecule has 5 rings (SSSR count). The second-order valence-corrected chi connectivity index (χ2v) is 7.34. The van der Waals surface area contributed by atoms with Crippen LogP contribution >= 0.6 is 0 Å². The molecule has 0 amide bonds. The van der Waals surface area contributed by atoms with Gasteiger partial charge in [-0.2, -0.15) is 0 Å². The van der Waals surface area contributed by atoms with E-state index >= 15 is 0 Å². The topological polar surface area (TPSA) is 71.6 Å². The maximum atomic E-state index is 12.3. The summed E-state index contributed by atoms with van der Waals surface area (Å²) >= 11 is 0. The van der Waals surface area contributed by atoms with Gasteiger partial charge in [-0.25, -0.2) is 0 Å². The van der Waals surface area contributed by atoms with Crippen molar-refractivity contribution in [2.24, 2.45) is 17.3 Å². The predicted octanol–water partition coefficient (Wildman–Crippen LogP) is 0.411. The minimum atomic E-state index is -1.19. The molecule has 5 fully saturated rings. The van der Waals surface area contributed by atoms with Crippen molar-refractivity contribution < 1.29 is 24.1 Å². The van der Waals surface area contributed by atoms with Crippen LogP contribution in [0.4, 0.5) is 0 Å². The van der Waals surface area contributed by atoms with Gasteiger partial charge in [-0.15, -0.1) is 0 Å². The molecule has 1 spiro atoms. The number of epoxide rings is 2. The summed E-state index contributed by atoms with van der Waals surface area (Å²) in [7, 11) is 0. The molecule has 2 saturated carbocycles. The largest absolute Gasteiger partial charge is 0.461 e. The van der Waals surface area contributed by atoms with Crippen molar-refractivity contribution in [2.75, 3.05) is 6.61 Å². The highest BCUT2D eigenvalue weighted by Crippen LogP contribution is 2.76. The van der Waals surface area contributed by atoms with Crippen molar-refractivity contribution in [1.82, 2.24) is 0 Å². The van der Waals surface area contributed by atoms with Crippen LogP contribution in [0.2, 0.25) is 0 Å². The van der Waals surface area contributed by atoms with Crippen molar-refractivity contribution in [3.63, 3.8) is 0 Å². The van der Waals surface area contributed by atoms with E-state index in [1.807, 2.05) is 13.8 Å². The van der Waals surface area contributed by atoms with E-state index in [0.717, 1.165) is 5.57 Å². The molecule has 3 heterocycles. The lowest BCUT2D eigenvalue weighted by atomic mass is 9.54. The second kappa shape index (κ2) is 2.85. The number of hydrogen-bond acceptors (Lipinski definition) is 5. The SMILES string of the molecule is C=C(C)C1[C@H]2C(=O)O[C@@H]1C[C@@]1(C)[C@]2(O)[C@@H]2O[C@@H]2[C@@]12CO2. The van der Waals surface area contributed by atoms with Gasteiger partial charge in [-0.05, 0) is 13.3 Å². The third kappa shape index (κ3) is 0.875. The van der Waals surface area contributed by atoms with E-state index in [1.165, 1.54) is 0 Å². The quantitative estimate of drug-likeness (QED) is 0.427. The lowest BCUT2D eigenvalue weighted by molar-refractivity contribution is -0.185. The van der Waals surface area contributed by atoms with E-state index in [1.54, 1.807) is 0 Å². The highest BCUT2D eigenvalue weighted by atomic mass is 16.7. The third-order valence-corrected chi connectivity index (χ3v) is 6.59. The van der Waals surface area contributed by atoms with Gasteiger partial charge in [0.15, 0.2) is 0 Å². The number of esters is 1. The number of hydrogen-bond donors (Lipinski definition) is 1. The fourth-order valence-electron chi connectivity index (χ4n) is 5.47. The first-order chi connectivity index (χ1) is 9.37. The minimum Gasteiger partial charge on any atom is -0.461 e. The summed E-state index contributed by atoms with van der Waals surface area (Å²) in [4.78, 5) is 12.3. The standard InChI is InChI=1S/C15H18O5/c1-6(2)8-7-4-13(3)14(5-18-14)10-11(20-10)15(13,17)9(8)12(16)19-7/h7-11,17H,1,4-5H2,2-3H3/t7-,8?,9+,10+,11-,13-,14+,15-/m1/s1. The van der Waals surface area contributed by atoms with Gasteiger partial charge in [-0.3, -0.25) is 4.79 Å².